The standard InChI is InChI=1S/C15H12N2O4S/c18-17(19)12-4-2-11(3-5-12)15(22)16-8-10-1-6-13-14(7-10)21-9-20-13/h1-7H,8-9H2,(H,16,22). The molecule has 0 fully saturated rings. The Morgan fingerprint density at radius 1 is 1.18 bits per heavy atom. The number of hydrogen-bond acceptors (Lipinski definition) is 5. The van der Waals surface area contributed by atoms with Crippen molar-refractivity contribution in [3.8, 4) is 11.5 Å². The summed E-state index contributed by atoms with van der Waals surface area (Å²) in [7, 11) is 0. The van der Waals surface area contributed by atoms with Crippen molar-refractivity contribution in [3.63, 3.8) is 0 Å². The van der Waals surface area contributed by atoms with Gasteiger partial charge in [0.1, 0.15) is 4.99 Å². The minimum atomic E-state index is -0.438. The van der Waals surface area contributed by atoms with E-state index in [1.165, 1.54) is 12.1 Å². The summed E-state index contributed by atoms with van der Waals surface area (Å²) in [6.07, 6.45) is 0. The molecule has 0 spiro atoms. The van der Waals surface area contributed by atoms with Crippen LogP contribution in [0.25, 0.3) is 0 Å². The highest BCUT2D eigenvalue weighted by atomic mass is 32.1. The zero-order valence-electron chi connectivity index (χ0n) is 11.4. The highest BCUT2D eigenvalue weighted by Gasteiger charge is 2.13. The molecule has 112 valence electrons. The Morgan fingerprint density at radius 3 is 2.64 bits per heavy atom. The number of nitro benzene ring substituents is 1. The maximum Gasteiger partial charge on any atom is 0.269 e. The third-order valence-corrected chi connectivity index (χ3v) is 3.61. The van der Waals surface area contributed by atoms with Crippen LogP contribution in [0, 0.1) is 10.1 Å². The van der Waals surface area contributed by atoms with Crippen LogP contribution in [0.4, 0.5) is 5.69 Å². The normalized spacial score (nSPS) is 12.0. The van der Waals surface area contributed by atoms with Gasteiger partial charge in [-0.3, -0.25) is 10.1 Å². The van der Waals surface area contributed by atoms with Gasteiger partial charge in [0.25, 0.3) is 5.69 Å². The first kappa shape index (κ1) is 14.3. The maximum absolute atomic E-state index is 10.6. The predicted molar refractivity (Wildman–Crippen MR) is 84.2 cm³/mol. The van der Waals surface area contributed by atoms with E-state index in [0.29, 0.717) is 11.5 Å². The second kappa shape index (κ2) is 5.98. The van der Waals surface area contributed by atoms with Crippen molar-refractivity contribution in [2.24, 2.45) is 0 Å². The molecule has 0 atom stereocenters. The number of thiocarbonyl (C=S) groups is 1. The number of fused-ring (bicyclic) bond motifs is 1. The molecular formula is C15H12N2O4S. The summed E-state index contributed by atoms with van der Waals surface area (Å²) in [5.74, 6) is 1.46. The van der Waals surface area contributed by atoms with Crippen LogP contribution in [0.1, 0.15) is 11.1 Å². The lowest BCUT2D eigenvalue weighted by Gasteiger charge is -2.08. The molecule has 1 aliphatic heterocycles. The Balaban J connectivity index is 1.63. The number of non-ortho nitro benzene ring substituents is 1. The second-order valence-corrected chi connectivity index (χ2v) is 5.08. The number of rotatable bonds is 4. The number of ether oxygens (including phenoxy) is 2. The molecule has 1 aliphatic rings. The number of nitrogens with one attached hydrogen (secondary N) is 1. The van der Waals surface area contributed by atoms with E-state index in [-0.39, 0.29) is 12.5 Å². The van der Waals surface area contributed by atoms with E-state index >= 15 is 0 Å². The quantitative estimate of drug-likeness (QED) is 0.531. The Hall–Kier alpha value is -2.67. The lowest BCUT2D eigenvalue weighted by Crippen LogP contribution is -2.21. The van der Waals surface area contributed by atoms with Gasteiger partial charge in [-0.1, -0.05) is 18.3 Å². The smallest absolute Gasteiger partial charge is 0.269 e. The van der Waals surface area contributed by atoms with Crippen LogP contribution in [-0.4, -0.2) is 16.7 Å². The van der Waals surface area contributed by atoms with Crippen molar-refractivity contribution in [2.75, 3.05) is 6.79 Å². The monoisotopic (exact) mass is 316 g/mol. The van der Waals surface area contributed by atoms with Crippen LogP contribution < -0.4 is 14.8 Å². The highest BCUT2D eigenvalue weighted by molar-refractivity contribution is 7.80. The molecule has 2 aromatic carbocycles. The molecule has 0 bridgehead atoms. The largest absolute Gasteiger partial charge is 0.454 e. The van der Waals surface area contributed by atoms with Gasteiger partial charge in [-0.15, -0.1) is 0 Å². The zero-order chi connectivity index (χ0) is 15.5. The lowest BCUT2D eigenvalue weighted by molar-refractivity contribution is -0.384. The summed E-state index contributed by atoms with van der Waals surface area (Å²) >= 11 is 5.29. The van der Waals surface area contributed by atoms with E-state index in [1.54, 1.807) is 12.1 Å². The van der Waals surface area contributed by atoms with Crippen molar-refractivity contribution >= 4 is 22.9 Å². The molecule has 6 nitrogen and oxygen atoms in total. The SMILES string of the molecule is O=[N+]([O-])c1ccc(C(=S)NCc2ccc3c(c2)OCO3)cc1. The van der Waals surface area contributed by atoms with Crippen LogP contribution in [0.3, 0.4) is 0 Å². The minimum absolute atomic E-state index is 0.0438. The zero-order valence-corrected chi connectivity index (χ0v) is 12.3. The molecule has 3 rings (SSSR count). The first-order valence-electron chi connectivity index (χ1n) is 6.54. The number of nitro groups is 1. The minimum Gasteiger partial charge on any atom is -0.454 e. The summed E-state index contributed by atoms with van der Waals surface area (Å²) in [4.78, 5) is 10.7. The Kier molecular flexibility index (Phi) is 3.88. The van der Waals surface area contributed by atoms with Crippen molar-refractivity contribution in [1.29, 1.82) is 0 Å². The fourth-order valence-electron chi connectivity index (χ4n) is 2.07. The van der Waals surface area contributed by atoms with E-state index in [4.69, 9.17) is 21.7 Å². The van der Waals surface area contributed by atoms with Crippen LogP contribution in [-0.2, 0) is 6.54 Å². The van der Waals surface area contributed by atoms with E-state index in [2.05, 4.69) is 5.32 Å². The molecule has 2 aromatic rings. The summed E-state index contributed by atoms with van der Waals surface area (Å²) in [6, 6.07) is 11.8. The van der Waals surface area contributed by atoms with E-state index in [9.17, 15) is 10.1 Å². The summed E-state index contributed by atoms with van der Waals surface area (Å²) in [5, 5.41) is 13.7. The molecule has 22 heavy (non-hydrogen) atoms. The van der Waals surface area contributed by atoms with Gasteiger partial charge < -0.3 is 14.8 Å². The third kappa shape index (κ3) is 2.99. The second-order valence-electron chi connectivity index (χ2n) is 4.67. The Morgan fingerprint density at radius 2 is 1.91 bits per heavy atom. The number of benzene rings is 2. The van der Waals surface area contributed by atoms with Gasteiger partial charge in [0.2, 0.25) is 6.79 Å². The summed E-state index contributed by atoms with van der Waals surface area (Å²) in [6.45, 7) is 0.778. The molecule has 1 N–H and O–H groups in total. The van der Waals surface area contributed by atoms with Crippen molar-refractivity contribution in [1.82, 2.24) is 5.32 Å². The predicted octanol–water partition coefficient (Wildman–Crippen LogP) is 2.79. The summed E-state index contributed by atoms with van der Waals surface area (Å²) < 4.78 is 10.6. The molecular weight excluding hydrogens is 304 g/mol. The molecule has 7 heteroatoms. The van der Waals surface area contributed by atoms with E-state index < -0.39 is 4.92 Å². The van der Waals surface area contributed by atoms with Gasteiger partial charge in [-0.25, -0.2) is 0 Å². The van der Waals surface area contributed by atoms with Gasteiger partial charge in [0.15, 0.2) is 11.5 Å². The molecule has 0 aliphatic carbocycles. The van der Waals surface area contributed by atoms with Crippen LogP contribution in [0.2, 0.25) is 0 Å². The first-order valence-corrected chi connectivity index (χ1v) is 6.95. The fraction of sp³-hybridized carbons (Fsp3) is 0.133. The molecule has 0 unspecified atom stereocenters. The molecule has 0 radical (unpaired) electrons. The number of hydrogen-bond donors (Lipinski definition) is 1. The van der Waals surface area contributed by atoms with Crippen molar-refractivity contribution in [2.45, 2.75) is 6.54 Å². The lowest BCUT2D eigenvalue weighted by atomic mass is 10.1. The molecule has 1 heterocycles. The third-order valence-electron chi connectivity index (χ3n) is 3.23. The molecule has 0 aromatic heterocycles. The Bertz CT molecular complexity index is 731. The van der Waals surface area contributed by atoms with Gasteiger partial charge in [-0.05, 0) is 29.8 Å². The Labute approximate surface area is 131 Å². The van der Waals surface area contributed by atoms with E-state index in [0.717, 1.165) is 22.6 Å². The van der Waals surface area contributed by atoms with E-state index in [1.807, 2.05) is 18.2 Å². The fourth-order valence-corrected chi connectivity index (χ4v) is 2.28. The van der Waals surface area contributed by atoms with Gasteiger partial charge in [0.05, 0.1) is 4.92 Å². The average molecular weight is 316 g/mol. The molecule has 0 amide bonds. The highest BCUT2D eigenvalue weighted by Crippen LogP contribution is 2.32. The number of nitrogens with zero attached hydrogens (tertiary/aromatic N) is 1. The van der Waals surface area contributed by atoms with Crippen LogP contribution >= 0.6 is 12.2 Å². The van der Waals surface area contributed by atoms with Crippen molar-refractivity contribution in [3.05, 3.63) is 63.7 Å². The van der Waals surface area contributed by atoms with Crippen molar-refractivity contribution < 1.29 is 14.4 Å². The van der Waals surface area contributed by atoms with Crippen LogP contribution in [0.5, 0.6) is 11.5 Å². The topological polar surface area (TPSA) is 73.6 Å². The van der Waals surface area contributed by atoms with Crippen LogP contribution in [0.15, 0.2) is 42.5 Å². The van der Waals surface area contributed by atoms with Gasteiger partial charge in [-0.2, -0.15) is 0 Å². The maximum atomic E-state index is 10.6. The first-order chi connectivity index (χ1) is 10.6. The molecule has 0 saturated heterocycles. The molecule has 0 saturated carbocycles. The van der Waals surface area contributed by atoms with Gasteiger partial charge in [0, 0.05) is 24.2 Å². The average Bonchev–Trinajstić information content (AvgIpc) is 3.00. The summed E-state index contributed by atoms with van der Waals surface area (Å²) in [5.41, 5.74) is 1.79. The van der Waals surface area contributed by atoms with Gasteiger partial charge >= 0.3 is 0 Å².